The number of thiophene rings is 1. The number of sulfonamides is 1. The summed E-state index contributed by atoms with van der Waals surface area (Å²) >= 11 is 1.19. The van der Waals surface area contributed by atoms with Gasteiger partial charge in [-0.15, -0.1) is 11.3 Å². The van der Waals surface area contributed by atoms with Crippen molar-refractivity contribution >= 4 is 21.4 Å². The molecule has 106 valence electrons. The molecule has 3 rings (SSSR count). The van der Waals surface area contributed by atoms with E-state index in [1.165, 1.54) is 11.3 Å². The average Bonchev–Trinajstić information content (AvgIpc) is 3.05. The van der Waals surface area contributed by atoms with Gasteiger partial charge in [-0.25, -0.2) is 13.1 Å². The van der Waals surface area contributed by atoms with Gasteiger partial charge in [0.25, 0.3) is 0 Å². The minimum Gasteiger partial charge on any atom is -0.376 e. The number of nitrogens with one attached hydrogen (secondary N) is 1. The van der Waals surface area contributed by atoms with Gasteiger partial charge in [-0.1, -0.05) is 6.07 Å². The molecule has 0 aromatic carbocycles. The first kappa shape index (κ1) is 13.5. The standard InChI is InChI=1S/C11H15NO5S2/c1-15-8-6-17-10-7(5-16-11(8)10)12-19(13,14)9-3-2-4-18-9/h2-4,7-8,10-12H,5-6H2,1H3/t7-,8+,10+,11+/m0/s1. The molecule has 1 N–H and O–H groups in total. The fourth-order valence-corrected chi connectivity index (χ4v) is 4.68. The van der Waals surface area contributed by atoms with E-state index in [0.29, 0.717) is 17.4 Å². The summed E-state index contributed by atoms with van der Waals surface area (Å²) in [6.07, 6.45) is -0.595. The van der Waals surface area contributed by atoms with E-state index in [0.717, 1.165) is 0 Å². The van der Waals surface area contributed by atoms with Crippen LogP contribution >= 0.6 is 11.3 Å². The molecule has 2 saturated heterocycles. The van der Waals surface area contributed by atoms with Crippen LogP contribution in [0, 0.1) is 0 Å². The zero-order chi connectivity index (χ0) is 13.5. The molecule has 0 aliphatic carbocycles. The van der Waals surface area contributed by atoms with E-state index in [1.807, 2.05) is 0 Å². The second kappa shape index (κ2) is 5.12. The van der Waals surface area contributed by atoms with Crippen molar-refractivity contribution in [1.82, 2.24) is 4.72 Å². The molecule has 0 unspecified atom stereocenters. The van der Waals surface area contributed by atoms with E-state index in [9.17, 15) is 8.42 Å². The third-order valence-corrected chi connectivity index (χ3v) is 6.26. The van der Waals surface area contributed by atoms with Crippen molar-refractivity contribution in [2.75, 3.05) is 20.3 Å². The summed E-state index contributed by atoms with van der Waals surface area (Å²) in [7, 11) is -1.90. The fourth-order valence-electron chi connectivity index (χ4n) is 2.44. The lowest BCUT2D eigenvalue weighted by molar-refractivity contribution is -0.00795. The number of ether oxygens (including phenoxy) is 3. The highest BCUT2D eigenvalue weighted by atomic mass is 32.2. The molecule has 4 atom stereocenters. The summed E-state index contributed by atoms with van der Waals surface area (Å²) in [5, 5.41) is 1.73. The first-order chi connectivity index (χ1) is 9.12. The van der Waals surface area contributed by atoms with Gasteiger partial charge in [-0.05, 0) is 11.4 Å². The minimum absolute atomic E-state index is 0.124. The fraction of sp³-hybridized carbons (Fsp3) is 0.636. The summed E-state index contributed by atoms with van der Waals surface area (Å²) < 4.78 is 43.7. The molecule has 0 radical (unpaired) electrons. The molecule has 0 spiro atoms. The zero-order valence-corrected chi connectivity index (χ0v) is 11.9. The second-order valence-corrected chi connectivity index (χ2v) is 7.42. The number of hydrogen-bond acceptors (Lipinski definition) is 6. The van der Waals surface area contributed by atoms with Crippen molar-refractivity contribution in [3.05, 3.63) is 17.5 Å². The zero-order valence-electron chi connectivity index (χ0n) is 10.3. The van der Waals surface area contributed by atoms with Crippen molar-refractivity contribution in [3.63, 3.8) is 0 Å². The number of hydrogen-bond donors (Lipinski definition) is 1. The van der Waals surface area contributed by atoms with E-state index in [4.69, 9.17) is 14.2 Å². The third-order valence-electron chi connectivity index (χ3n) is 3.38. The molecule has 3 heterocycles. The summed E-state index contributed by atoms with van der Waals surface area (Å²) in [4.78, 5) is 0. The number of rotatable bonds is 4. The van der Waals surface area contributed by atoms with Crippen LogP contribution in [-0.2, 0) is 24.2 Å². The van der Waals surface area contributed by atoms with Gasteiger partial charge in [0.15, 0.2) is 0 Å². The molecule has 19 heavy (non-hydrogen) atoms. The smallest absolute Gasteiger partial charge is 0.250 e. The summed E-state index contributed by atoms with van der Waals surface area (Å²) in [5.41, 5.74) is 0. The van der Waals surface area contributed by atoms with Gasteiger partial charge >= 0.3 is 0 Å². The monoisotopic (exact) mass is 305 g/mol. The van der Waals surface area contributed by atoms with Gasteiger partial charge in [0.2, 0.25) is 10.0 Å². The van der Waals surface area contributed by atoms with E-state index in [-0.39, 0.29) is 24.4 Å². The van der Waals surface area contributed by atoms with Crippen molar-refractivity contribution in [3.8, 4) is 0 Å². The van der Waals surface area contributed by atoms with Crippen LogP contribution in [0.25, 0.3) is 0 Å². The van der Waals surface area contributed by atoms with Crippen molar-refractivity contribution in [1.29, 1.82) is 0 Å². The van der Waals surface area contributed by atoms with Crippen LogP contribution in [0.3, 0.4) is 0 Å². The number of fused-ring (bicyclic) bond motifs is 1. The number of methoxy groups -OCH3 is 1. The third kappa shape index (κ3) is 2.44. The van der Waals surface area contributed by atoms with Crippen LogP contribution in [0.1, 0.15) is 0 Å². The Morgan fingerprint density at radius 1 is 1.37 bits per heavy atom. The Balaban J connectivity index is 1.72. The lowest BCUT2D eigenvalue weighted by Gasteiger charge is -2.17. The van der Waals surface area contributed by atoms with E-state index in [1.54, 1.807) is 24.6 Å². The predicted molar refractivity (Wildman–Crippen MR) is 68.7 cm³/mol. The lowest BCUT2D eigenvalue weighted by Crippen LogP contribution is -2.44. The van der Waals surface area contributed by atoms with Crippen LogP contribution in [0.2, 0.25) is 0 Å². The first-order valence-corrected chi connectivity index (χ1v) is 8.30. The molecule has 2 aliphatic rings. The van der Waals surface area contributed by atoms with Gasteiger partial charge < -0.3 is 14.2 Å². The Morgan fingerprint density at radius 2 is 2.16 bits per heavy atom. The first-order valence-electron chi connectivity index (χ1n) is 5.93. The summed E-state index contributed by atoms with van der Waals surface area (Å²) in [6, 6.07) is 2.92. The van der Waals surface area contributed by atoms with Crippen LogP contribution < -0.4 is 4.72 Å². The topological polar surface area (TPSA) is 73.9 Å². The molecule has 2 aliphatic heterocycles. The average molecular weight is 305 g/mol. The van der Waals surface area contributed by atoms with Crippen molar-refractivity contribution in [2.45, 2.75) is 28.6 Å². The second-order valence-electron chi connectivity index (χ2n) is 4.53. The summed E-state index contributed by atoms with van der Waals surface area (Å²) in [6.45, 7) is 0.739. The molecular formula is C11H15NO5S2. The van der Waals surface area contributed by atoms with Crippen molar-refractivity contribution < 1.29 is 22.6 Å². The van der Waals surface area contributed by atoms with Gasteiger partial charge in [0.05, 0.1) is 19.3 Å². The molecule has 2 fully saturated rings. The highest BCUT2D eigenvalue weighted by Gasteiger charge is 2.49. The molecule has 6 nitrogen and oxygen atoms in total. The Hall–Kier alpha value is -0.510. The van der Waals surface area contributed by atoms with Gasteiger partial charge in [-0.3, -0.25) is 0 Å². The molecule has 1 aromatic rings. The van der Waals surface area contributed by atoms with Crippen LogP contribution in [-0.4, -0.2) is 53.1 Å². The highest BCUT2D eigenvalue weighted by Crippen LogP contribution is 2.29. The predicted octanol–water partition coefficient (Wildman–Crippen LogP) is 0.208. The van der Waals surface area contributed by atoms with Crippen LogP contribution in [0.4, 0.5) is 0 Å². The minimum atomic E-state index is -3.50. The Morgan fingerprint density at radius 3 is 2.84 bits per heavy atom. The molecular weight excluding hydrogens is 290 g/mol. The van der Waals surface area contributed by atoms with E-state index in [2.05, 4.69) is 4.72 Å². The Kier molecular flexibility index (Phi) is 3.63. The molecule has 1 aromatic heterocycles. The molecule has 0 bridgehead atoms. The lowest BCUT2D eigenvalue weighted by atomic mass is 10.1. The molecule has 8 heteroatoms. The quantitative estimate of drug-likeness (QED) is 0.861. The maximum Gasteiger partial charge on any atom is 0.250 e. The van der Waals surface area contributed by atoms with E-state index >= 15 is 0 Å². The largest absolute Gasteiger partial charge is 0.376 e. The van der Waals surface area contributed by atoms with Crippen molar-refractivity contribution in [2.24, 2.45) is 0 Å². The van der Waals surface area contributed by atoms with Gasteiger partial charge in [0, 0.05) is 7.11 Å². The SMILES string of the molecule is CO[C@@H]1CO[C@H]2[C@@H]1OC[C@@H]2NS(=O)(=O)c1cccs1. The van der Waals surface area contributed by atoms with Crippen LogP contribution in [0.15, 0.2) is 21.7 Å². The summed E-state index contributed by atoms with van der Waals surface area (Å²) in [5.74, 6) is 0. The maximum absolute atomic E-state index is 12.1. The van der Waals surface area contributed by atoms with Gasteiger partial charge in [-0.2, -0.15) is 0 Å². The highest BCUT2D eigenvalue weighted by molar-refractivity contribution is 7.91. The molecule has 0 saturated carbocycles. The Labute approximate surface area is 115 Å². The molecule has 0 amide bonds. The normalized spacial score (nSPS) is 34.6. The van der Waals surface area contributed by atoms with Gasteiger partial charge in [0.1, 0.15) is 22.5 Å². The van der Waals surface area contributed by atoms with Crippen LogP contribution in [0.5, 0.6) is 0 Å². The maximum atomic E-state index is 12.1. The Bertz CT molecular complexity index is 529. The van der Waals surface area contributed by atoms with E-state index < -0.39 is 10.0 Å².